The Morgan fingerprint density at radius 2 is 2.00 bits per heavy atom. The molecule has 1 aliphatic heterocycles. The minimum absolute atomic E-state index is 0.00852. The maximum atomic E-state index is 12.5. The lowest BCUT2D eigenvalue weighted by molar-refractivity contribution is -0.142. The summed E-state index contributed by atoms with van der Waals surface area (Å²) in [6.45, 7) is 0.718. The molecule has 1 atom stereocenters. The molecule has 1 saturated heterocycles. The molecule has 0 aliphatic carbocycles. The van der Waals surface area contributed by atoms with Gasteiger partial charge in [0.15, 0.2) is 0 Å². The van der Waals surface area contributed by atoms with Crippen LogP contribution in [-0.4, -0.2) is 36.5 Å². The molecule has 4 heteroatoms. The molecule has 2 rings (SSSR count). The minimum Gasteiger partial charge on any atom is -0.469 e. The SMILES string of the molecule is COC(=O)CC1CCCCN1C(=O)c1ccccc1. The Balaban J connectivity index is 2.11. The summed E-state index contributed by atoms with van der Waals surface area (Å²) in [6.07, 6.45) is 3.21. The summed E-state index contributed by atoms with van der Waals surface area (Å²) in [7, 11) is 1.38. The number of benzene rings is 1. The Bertz CT molecular complexity index is 444. The highest BCUT2D eigenvalue weighted by molar-refractivity contribution is 5.94. The predicted molar refractivity (Wildman–Crippen MR) is 71.8 cm³/mol. The van der Waals surface area contributed by atoms with Crippen LogP contribution in [0.15, 0.2) is 30.3 Å². The topological polar surface area (TPSA) is 46.6 Å². The number of hydrogen-bond acceptors (Lipinski definition) is 3. The molecule has 1 aromatic carbocycles. The van der Waals surface area contributed by atoms with E-state index in [0.29, 0.717) is 5.56 Å². The van der Waals surface area contributed by atoms with Crippen LogP contribution >= 0.6 is 0 Å². The minimum atomic E-state index is -0.252. The lowest BCUT2D eigenvalue weighted by Crippen LogP contribution is -2.44. The van der Waals surface area contributed by atoms with Gasteiger partial charge in [-0.2, -0.15) is 0 Å². The second kappa shape index (κ2) is 6.36. The van der Waals surface area contributed by atoms with Gasteiger partial charge in [-0.3, -0.25) is 9.59 Å². The summed E-state index contributed by atoms with van der Waals surface area (Å²) in [5, 5.41) is 0. The third-order valence-electron chi connectivity index (χ3n) is 3.54. The van der Waals surface area contributed by atoms with E-state index in [1.807, 2.05) is 35.2 Å². The number of rotatable bonds is 3. The van der Waals surface area contributed by atoms with E-state index < -0.39 is 0 Å². The van der Waals surface area contributed by atoms with Gasteiger partial charge < -0.3 is 9.64 Å². The molecule has 1 aliphatic rings. The molecule has 0 aromatic heterocycles. The summed E-state index contributed by atoms with van der Waals surface area (Å²) in [6, 6.07) is 9.19. The van der Waals surface area contributed by atoms with Crippen molar-refractivity contribution in [3.8, 4) is 0 Å². The normalized spacial score (nSPS) is 19.0. The Kier molecular flexibility index (Phi) is 4.55. The smallest absolute Gasteiger partial charge is 0.307 e. The third kappa shape index (κ3) is 3.34. The number of ether oxygens (including phenoxy) is 1. The zero-order valence-electron chi connectivity index (χ0n) is 11.2. The Morgan fingerprint density at radius 3 is 2.68 bits per heavy atom. The predicted octanol–water partition coefficient (Wildman–Crippen LogP) is 2.24. The fraction of sp³-hybridized carbons (Fsp3) is 0.467. The van der Waals surface area contributed by atoms with E-state index in [9.17, 15) is 9.59 Å². The van der Waals surface area contributed by atoms with Crippen LogP contribution in [0, 0.1) is 0 Å². The summed E-state index contributed by atoms with van der Waals surface area (Å²) < 4.78 is 4.71. The monoisotopic (exact) mass is 261 g/mol. The molecule has 1 heterocycles. The summed E-state index contributed by atoms with van der Waals surface area (Å²) in [5.41, 5.74) is 0.680. The molecule has 1 aromatic rings. The highest BCUT2D eigenvalue weighted by Crippen LogP contribution is 2.22. The second-order valence-corrected chi connectivity index (χ2v) is 4.79. The Labute approximate surface area is 113 Å². The molecule has 1 unspecified atom stereocenters. The van der Waals surface area contributed by atoms with E-state index in [2.05, 4.69) is 0 Å². The first-order chi connectivity index (χ1) is 9.22. The first kappa shape index (κ1) is 13.6. The van der Waals surface area contributed by atoms with E-state index in [-0.39, 0.29) is 24.3 Å². The first-order valence-electron chi connectivity index (χ1n) is 6.65. The molecule has 1 fully saturated rings. The number of hydrogen-bond donors (Lipinski definition) is 0. The van der Waals surface area contributed by atoms with Crippen molar-refractivity contribution >= 4 is 11.9 Å². The van der Waals surface area contributed by atoms with E-state index in [1.165, 1.54) is 7.11 Å². The van der Waals surface area contributed by atoms with Gasteiger partial charge in [0.05, 0.1) is 13.5 Å². The van der Waals surface area contributed by atoms with Crippen molar-refractivity contribution in [3.05, 3.63) is 35.9 Å². The number of nitrogens with zero attached hydrogens (tertiary/aromatic N) is 1. The van der Waals surface area contributed by atoms with Crippen LogP contribution in [-0.2, 0) is 9.53 Å². The first-order valence-corrected chi connectivity index (χ1v) is 6.65. The van der Waals surface area contributed by atoms with Gasteiger partial charge in [0, 0.05) is 18.2 Å². The summed E-state index contributed by atoms with van der Waals surface area (Å²) in [5.74, 6) is -0.244. The van der Waals surface area contributed by atoms with E-state index >= 15 is 0 Å². The van der Waals surface area contributed by atoms with Crippen molar-refractivity contribution < 1.29 is 14.3 Å². The lowest BCUT2D eigenvalue weighted by Gasteiger charge is -2.35. The van der Waals surface area contributed by atoms with Crippen molar-refractivity contribution in [1.29, 1.82) is 0 Å². The lowest BCUT2D eigenvalue weighted by atomic mass is 9.98. The number of amides is 1. The van der Waals surface area contributed by atoms with Gasteiger partial charge in [-0.05, 0) is 31.4 Å². The van der Waals surface area contributed by atoms with Crippen LogP contribution in [0.4, 0.5) is 0 Å². The maximum absolute atomic E-state index is 12.5. The average molecular weight is 261 g/mol. The third-order valence-corrected chi connectivity index (χ3v) is 3.54. The van der Waals surface area contributed by atoms with Crippen LogP contribution in [0.3, 0.4) is 0 Å². The molecular formula is C15H19NO3. The van der Waals surface area contributed by atoms with Crippen LogP contribution in [0.2, 0.25) is 0 Å². The molecule has 19 heavy (non-hydrogen) atoms. The second-order valence-electron chi connectivity index (χ2n) is 4.79. The van der Waals surface area contributed by atoms with Gasteiger partial charge in [-0.1, -0.05) is 18.2 Å². The number of esters is 1. The maximum Gasteiger partial charge on any atom is 0.307 e. The van der Waals surface area contributed by atoms with Crippen molar-refractivity contribution in [2.24, 2.45) is 0 Å². The number of likely N-dealkylation sites (tertiary alicyclic amines) is 1. The molecule has 0 bridgehead atoms. The average Bonchev–Trinajstić information content (AvgIpc) is 2.48. The van der Waals surface area contributed by atoms with Crippen LogP contribution in [0.1, 0.15) is 36.0 Å². The highest BCUT2D eigenvalue weighted by Gasteiger charge is 2.29. The van der Waals surface area contributed by atoms with Crippen LogP contribution in [0.5, 0.6) is 0 Å². The zero-order valence-corrected chi connectivity index (χ0v) is 11.2. The van der Waals surface area contributed by atoms with Crippen LogP contribution < -0.4 is 0 Å². The van der Waals surface area contributed by atoms with Crippen molar-refractivity contribution in [2.45, 2.75) is 31.7 Å². The number of methoxy groups -OCH3 is 1. The molecule has 0 N–H and O–H groups in total. The molecule has 1 amide bonds. The van der Waals surface area contributed by atoms with Gasteiger partial charge in [-0.15, -0.1) is 0 Å². The van der Waals surface area contributed by atoms with Gasteiger partial charge >= 0.3 is 5.97 Å². The van der Waals surface area contributed by atoms with Gasteiger partial charge in [0.25, 0.3) is 5.91 Å². The zero-order chi connectivity index (χ0) is 13.7. The Hall–Kier alpha value is -1.84. The van der Waals surface area contributed by atoms with E-state index in [4.69, 9.17) is 4.74 Å². The molecule has 4 nitrogen and oxygen atoms in total. The number of carbonyl (C=O) groups is 2. The fourth-order valence-corrected chi connectivity index (χ4v) is 2.50. The van der Waals surface area contributed by atoms with Crippen molar-refractivity contribution in [1.82, 2.24) is 4.90 Å². The largest absolute Gasteiger partial charge is 0.469 e. The van der Waals surface area contributed by atoms with Gasteiger partial charge in [0.2, 0.25) is 0 Å². The standard InChI is InChI=1S/C15H19NO3/c1-19-14(17)11-13-9-5-6-10-16(13)15(18)12-7-3-2-4-8-12/h2-4,7-8,13H,5-6,9-11H2,1H3. The molecule has 0 saturated carbocycles. The van der Waals surface area contributed by atoms with Crippen LogP contribution in [0.25, 0.3) is 0 Å². The fourth-order valence-electron chi connectivity index (χ4n) is 2.50. The molecule has 0 radical (unpaired) electrons. The van der Waals surface area contributed by atoms with E-state index in [0.717, 1.165) is 25.8 Å². The van der Waals surface area contributed by atoms with E-state index in [1.54, 1.807) is 0 Å². The number of piperidine rings is 1. The highest BCUT2D eigenvalue weighted by atomic mass is 16.5. The Morgan fingerprint density at radius 1 is 1.26 bits per heavy atom. The molecule has 0 spiro atoms. The van der Waals surface area contributed by atoms with Gasteiger partial charge in [-0.25, -0.2) is 0 Å². The van der Waals surface area contributed by atoms with Crippen molar-refractivity contribution in [2.75, 3.05) is 13.7 Å². The van der Waals surface area contributed by atoms with Crippen molar-refractivity contribution in [3.63, 3.8) is 0 Å². The summed E-state index contributed by atoms with van der Waals surface area (Å²) >= 11 is 0. The van der Waals surface area contributed by atoms with Gasteiger partial charge in [0.1, 0.15) is 0 Å². The quantitative estimate of drug-likeness (QED) is 0.784. The number of carbonyl (C=O) groups excluding carboxylic acids is 2. The molecule has 102 valence electrons. The molecular weight excluding hydrogens is 242 g/mol. The summed E-state index contributed by atoms with van der Waals surface area (Å²) in [4.78, 5) is 25.7.